The fourth-order valence-corrected chi connectivity index (χ4v) is 3.96. The Hall–Kier alpha value is -3.62. The number of anilines is 1. The molecule has 0 bridgehead atoms. The SMILES string of the molecule is NC(CC(=O)N1CCN(Cc2ccc(F)cc2)CC1)c1ccc(C(=O)Nc2ccncc2)cc1. The maximum absolute atomic E-state index is 13.1. The van der Waals surface area contributed by atoms with E-state index >= 15 is 0 Å². The second kappa shape index (κ2) is 11.0. The molecule has 1 aliphatic heterocycles. The first-order valence-corrected chi connectivity index (χ1v) is 11.3. The van der Waals surface area contributed by atoms with Crippen LogP contribution in [-0.4, -0.2) is 52.8 Å². The first kappa shape index (κ1) is 23.5. The summed E-state index contributed by atoms with van der Waals surface area (Å²) in [5.74, 6) is -0.437. The molecule has 1 unspecified atom stereocenters. The number of nitrogens with one attached hydrogen (secondary N) is 1. The predicted octanol–water partition coefficient (Wildman–Crippen LogP) is 3.21. The summed E-state index contributed by atoms with van der Waals surface area (Å²) >= 11 is 0. The van der Waals surface area contributed by atoms with Crippen molar-refractivity contribution in [2.45, 2.75) is 19.0 Å². The molecule has 0 radical (unpaired) electrons. The van der Waals surface area contributed by atoms with Gasteiger partial charge < -0.3 is 16.0 Å². The van der Waals surface area contributed by atoms with Gasteiger partial charge in [0.15, 0.2) is 0 Å². The van der Waals surface area contributed by atoms with Crippen LogP contribution in [0.3, 0.4) is 0 Å². The molecule has 0 aliphatic carbocycles. The van der Waals surface area contributed by atoms with Crippen molar-refractivity contribution in [2.75, 3.05) is 31.5 Å². The van der Waals surface area contributed by atoms with Crippen LogP contribution in [0.25, 0.3) is 0 Å². The quantitative estimate of drug-likeness (QED) is 0.564. The van der Waals surface area contributed by atoms with Gasteiger partial charge in [0.2, 0.25) is 5.91 Å². The lowest BCUT2D eigenvalue weighted by Gasteiger charge is -2.35. The van der Waals surface area contributed by atoms with Gasteiger partial charge in [0.1, 0.15) is 5.82 Å². The average molecular weight is 462 g/mol. The van der Waals surface area contributed by atoms with Crippen molar-refractivity contribution >= 4 is 17.5 Å². The zero-order valence-electron chi connectivity index (χ0n) is 18.9. The number of piperazine rings is 1. The largest absolute Gasteiger partial charge is 0.340 e. The zero-order chi connectivity index (χ0) is 23.9. The highest BCUT2D eigenvalue weighted by atomic mass is 19.1. The van der Waals surface area contributed by atoms with E-state index in [1.165, 1.54) is 12.1 Å². The molecule has 1 aliphatic rings. The third kappa shape index (κ3) is 6.24. The molecule has 2 aromatic carbocycles. The number of hydrogen-bond donors (Lipinski definition) is 2. The topological polar surface area (TPSA) is 91.6 Å². The van der Waals surface area contributed by atoms with Crippen LogP contribution in [0.15, 0.2) is 73.1 Å². The van der Waals surface area contributed by atoms with Crippen LogP contribution in [0, 0.1) is 5.82 Å². The maximum atomic E-state index is 13.1. The molecule has 2 heterocycles. The second-order valence-electron chi connectivity index (χ2n) is 8.41. The van der Waals surface area contributed by atoms with Gasteiger partial charge in [-0.25, -0.2) is 4.39 Å². The fraction of sp³-hybridized carbons (Fsp3) is 0.269. The van der Waals surface area contributed by atoms with Crippen LogP contribution in [-0.2, 0) is 11.3 Å². The summed E-state index contributed by atoms with van der Waals surface area (Å²) in [7, 11) is 0. The summed E-state index contributed by atoms with van der Waals surface area (Å²) in [5, 5.41) is 2.81. The van der Waals surface area contributed by atoms with E-state index in [0.717, 1.165) is 30.8 Å². The summed E-state index contributed by atoms with van der Waals surface area (Å²) in [4.78, 5) is 33.2. The molecule has 176 valence electrons. The Morgan fingerprint density at radius 1 is 0.941 bits per heavy atom. The number of pyridine rings is 1. The Morgan fingerprint density at radius 2 is 1.59 bits per heavy atom. The summed E-state index contributed by atoms with van der Waals surface area (Å²) < 4.78 is 13.1. The van der Waals surface area contributed by atoms with E-state index in [2.05, 4.69) is 15.2 Å². The first-order chi connectivity index (χ1) is 16.5. The zero-order valence-corrected chi connectivity index (χ0v) is 18.9. The number of benzene rings is 2. The molecule has 34 heavy (non-hydrogen) atoms. The number of nitrogens with two attached hydrogens (primary N) is 1. The normalized spacial score (nSPS) is 15.1. The number of halogens is 1. The molecule has 1 aromatic heterocycles. The van der Waals surface area contributed by atoms with Gasteiger partial charge >= 0.3 is 0 Å². The third-order valence-corrected chi connectivity index (χ3v) is 5.98. The van der Waals surface area contributed by atoms with Crippen molar-refractivity contribution in [1.82, 2.24) is 14.8 Å². The lowest BCUT2D eigenvalue weighted by atomic mass is 10.0. The smallest absolute Gasteiger partial charge is 0.255 e. The number of nitrogens with zero attached hydrogens (tertiary/aromatic N) is 3. The third-order valence-electron chi connectivity index (χ3n) is 5.98. The summed E-state index contributed by atoms with van der Waals surface area (Å²) in [5.41, 5.74) is 9.34. The number of hydrogen-bond acceptors (Lipinski definition) is 5. The summed E-state index contributed by atoms with van der Waals surface area (Å²) in [6.45, 7) is 3.55. The highest BCUT2D eigenvalue weighted by Crippen LogP contribution is 2.18. The molecule has 0 spiro atoms. The van der Waals surface area contributed by atoms with Gasteiger partial charge in [-0.3, -0.25) is 19.5 Å². The van der Waals surface area contributed by atoms with E-state index in [4.69, 9.17) is 5.73 Å². The number of carbonyl (C=O) groups excluding carboxylic acids is 2. The molecule has 1 atom stereocenters. The van der Waals surface area contributed by atoms with Crippen LogP contribution < -0.4 is 11.1 Å². The van der Waals surface area contributed by atoms with Crippen LogP contribution in [0.1, 0.15) is 33.9 Å². The lowest BCUT2D eigenvalue weighted by molar-refractivity contribution is -0.133. The Morgan fingerprint density at radius 3 is 2.24 bits per heavy atom. The Kier molecular flexibility index (Phi) is 7.61. The minimum atomic E-state index is -0.443. The van der Waals surface area contributed by atoms with Crippen molar-refractivity contribution in [1.29, 1.82) is 0 Å². The van der Waals surface area contributed by atoms with Gasteiger partial charge in [0.05, 0.1) is 0 Å². The van der Waals surface area contributed by atoms with E-state index < -0.39 is 6.04 Å². The molecular weight excluding hydrogens is 433 g/mol. The molecule has 3 aromatic rings. The van der Waals surface area contributed by atoms with Crippen molar-refractivity contribution in [3.05, 3.63) is 95.6 Å². The minimum absolute atomic E-state index is 0.0217. The molecule has 3 N–H and O–H groups in total. The highest BCUT2D eigenvalue weighted by Gasteiger charge is 2.23. The number of amides is 2. The van der Waals surface area contributed by atoms with Crippen LogP contribution in [0.4, 0.5) is 10.1 Å². The van der Waals surface area contributed by atoms with Gasteiger partial charge in [-0.15, -0.1) is 0 Å². The molecule has 4 rings (SSSR count). The Bertz CT molecular complexity index is 1100. The highest BCUT2D eigenvalue weighted by molar-refractivity contribution is 6.04. The lowest BCUT2D eigenvalue weighted by Crippen LogP contribution is -2.48. The molecule has 8 heteroatoms. The van der Waals surface area contributed by atoms with Crippen molar-refractivity contribution in [3.63, 3.8) is 0 Å². The predicted molar refractivity (Wildman–Crippen MR) is 128 cm³/mol. The standard InChI is InChI=1S/C26H28FN5O2/c27-22-7-1-19(2-8-22)18-31-13-15-32(16-14-31)25(33)17-24(28)20-3-5-21(6-4-20)26(34)30-23-9-11-29-12-10-23/h1-12,24H,13-18,28H2,(H,29,30,34). The number of aromatic nitrogens is 1. The van der Waals surface area contributed by atoms with Gasteiger partial charge in [-0.1, -0.05) is 24.3 Å². The van der Waals surface area contributed by atoms with Crippen LogP contribution in [0.5, 0.6) is 0 Å². The number of carbonyl (C=O) groups is 2. The van der Waals surface area contributed by atoms with E-state index in [0.29, 0.717) is 24.3 Å². The van der Waals surface area contributed by atoms with Crippen molar-refractivity contribution in [2.24, 2.45) is 5.73 Å². The van der Waals surface area contributed by atoms with E-state index in [-0.39, 0.29) is 24.1 Å². The summed E-state index contributed by atoms with van der Waals surface area (Å²) in [6, 6.07) is 16.5. The van der Waals surface area contributed by atoms with Crippen LogP contribution in [0.2, 0.25) is 0 Å². The fourth-order valence-electron chi connectivity index (χ4n) is 3.96. The number of rotatable bonds is 7. The first-order valence-electron chi connectivity index (χ1n) is 11.3. The monoisotopic (exact) mass is 461 g/mol. The minimum Gasteiger partial charge on any atom is -0.340 e. The van der Waals surface area contributed by atoms with Gasteiger partial charge in [-0.05, 0) is 47.5 Å². The van der Waals surface area contributed by atoms with Crippen LogP contribution >= 0.6 is 0 Å². The Balaban J connectivity index is 1.25. The van der Waals surface area contributed by atoms with Gasteiger partial charge in [0, 0.05) is 68.8 Å². The molecule has 1 fully saturated rings. The van der Waals surface area contributed by atoms with Gasteiger partial charge in [0.25, 0.3) is 5.91 Å². The maximum Gasteiger partial charge on any atom is 0.255 e. The van der Waals surface area contributed by atoms with E-state index in [9.17, 15) is 14.0 Å². The van der Waals surface area contributed by atoms with Gasteiger partial charge in [-0.2, -0.15) is 0 Å². The van der Waals surface area contributed by atoms with E-state index in [1.54, 1.807) is 60.9 Å². The average Bonchev–Trinajstić information content (AvgIpc) is 2.86. The van der Waals surface area contributed by atoms with E-state index in [1.807, 2.05) is 4.90 Å². The molecule has 1 saturated heterocycles. The second-order valence-corrected chi connectivity index (χ2v) is 8.41. The molecule has 7 nitrogen and oxygen atoms in total. The van der Waals surface area contributed by atoms with Crippen molar-refractivity contribution in [3.8, 4) is 0 Å². The molecular formula is C26H28FN5O2. The molecule has 0 saturated carbocycles. The molecule has 2 amide bonds. The summed E-state index contributed by atoms with van der Waals surface area (Å²) in [6.07, 6.45) is 3.43. The van der Waals surface area contributed by atoms with Crippen molar-refractivity contribution < 1.29 is 14.0 Å². The Labute approximate surface area is 198 Å².